The SMILES string of the molecule is CCCCc1ccc2c(c1)sc(=NC(=O)C1CCCN(S(=O)(=O)c3ccc(F)cc3)C1)n2C. The maximum Gasteiger partial charge on any atom is 0.252 e. The summed E-state index contributed by atoms with van der Waals surface area (Å²) < 4.78 is 43.4. The summed E-state index contributed by atoms with van der Waals surface area (Å²) in [5.41, 5.74) is 2.30. The Balaban J connectivity index is 1.56. The second kappa shape index (κ2) is 9.87. The van der Waals surface area contributed by atoms with Gasteiger partial charge in [-0.1, -0.05) is 30.7 Å². The number of halogens is 1. The topological polar surface area (TPSA) is 71.7 Å². The Morgan fingerprint density at radius 3 is 2.70 bits per heavy atom. The molecule has 1 aliphatic heterocycles. The first kappa shape index (κ1) is 23.8. The normalized spacial score (nSPS) is 18.2. The van der Waals surface area contributed by atoms with Gasteiger partial charge >= 0.3 is 0 Å². The van der Waals surface area contributed by atoms with Crippen LogP contribution in [0, 0.1) is 11.7 Å². The lowest BCUT2D eigenvalue weighted by Gasteiger charge is -2.30. The van der Waals surface area contributed by atoms with Gasteiger partial charge in [-0.05, 0) is 67.6 Å². The summed E-state index contributed by atoms with van der Waals surface area (Å²) in [6.45, 7) is 2.59. The van der Waals surface area contributed by atoms with E-state index in [0.29, 0.717) is 24.2 Å². The van der Waals surface area contributed by atoms with Gasteiger partial charge in [0.1, 0.15) is 5.82 Å². The third-order valence-corrected chi connectivity index (χ3v) is 9.06. The number of aromatic nitrogens is 1. The molecule has 9 heteroatoms. The molecule has 0 radical (unpaired) electrons. The van der Waals surface area contributed by atoms with Crippen LogP contribution in [-0.2, 0) is 28.3 Å². The van der Waals surface area contributed by atoms with E-state index in [1.54, 1.807) is 0 Å². The highest BCUT2D eigenvalue weighted by Gasteiger charge is 2.33. The van der Waals surface area contributed by atoms with Gasteiger partial charge in [0.15, 0.2) is 4.80 Å². The predicted molar refractivity (Wildman–Crippen MR) is 128 cm³/mol. The number of benzene rings is 2. The number of hydrogen-bond donors (Lipinski definition) is 0. The zero-order chi connectivity index (χ0) is 23.6. The molecule has 6 nitrogen and oxygen atoms in total. The minimum atomic E-state index is -3.79. The molecule has 1 atom stereocenters. The molecule has 1 fully saturated rings. The molecular weight excluding hydrogens is 461 g/mol. The molecule has 0 N–H and O–H groups in total. The second-order valence-electron chi connectivity index (χ2n) is 8.46. The molecule has 2 heterocycles. The van der Waals surface area contributed by atoms with Crippen molar-refractivity contribution in [1.29, 1.82) is 0 Å². The van der Waals surface area contributed by atoms with Gasteiger partial charge in [-0.3, -0.25) is 4.79 Å². The number of carbonyl (C=O) groups is 1. The lowest BCUT2D eigenvalue weighted by atomic mass is 9.99. The highest BCUT2D eigenvalue weighted by atomic mass is 32.2. The largest absolute Gasteiger partial charge is 0.319 e. The zero-order valence-electron chi connectivity index (χ0n) is 18.8. The van der Waals surface area contributed by atoms with Crippen LogP contribution in [0.5, 0.6) is 0 Å². The molecule has 1 aromatic heterocycles. The first-order chi connectivity index (χ1) is 15.8. The van der Waals surface area contributed by atoms with Crippen LogP contribution in [0.25, 0.3) is 10.2 Å². The fourth-order valence-corrected chi connectivity index (χ4v) is 6.74. The molecule has 1 aliphatic rings. The Morgan fingerprint density at radius 1 is 1.21 bits per heavy atom. The molecule has 2 aromatic carbocycles. The predicted octanol–water partition coefficient (Wildman–Crippen LogP) is 4.25. The molecule has 0 aliphatic carbocycles. The van der Waals surface area contributed by atoms with Crippen molar-refractivity contribution in [3.05, 3.63) is 58.6 Å². The fraction of sp³-hybridized carbons (Fsp3) is 0.417. The third kappa shape index (κ3) is 5.10. The maximum absolute atomic E-state index is 13.2. The number of piperidine rings is 1. The molecule has 0 saturated carbocycles. The van der Waals surface area contributed by atoms with Gasteiger partial charge < -0.3 is 4.57 Å². The molecular formula is C24H28FN3O3S2. The zero-order valence-corrected chi connectivity index (χ0v) is 20.5. The summed E-state index contributed by atoms with van der Waals surface area (Å²) >= 11 is 1.48. The van der Waals surface area contributed by atoms with Crippen molar-refractivity contribution in [2.24, 2.45) is 18.0 Å². The number of fused-ring (bicyclic) bond motifs is 1. The average molecular weight is 490 g/mol. The van der Waals surface area contributed by atoms with Crippen LogP contribution in [0.15, 0.2) is 52.4 Å². The van der Waals surface area contributed by atoms with E-state index in [4.69, 9.17) is 0 Å². The van der Waals surface area contributed by atoms with E-state index in [2.05, 4.69) is 30.1 Å². The summed E-state index contributed by atoms with van der Waals surface area (Å²) in [7, 11) is -1.90. The van der Waals surface area contributed by atoms with Crippen molar-refractivity contribution in [3.8, 4) is 0 Å². The molecule has 0 spiro atoms. The van der Waals surface area contributed by atoms with Gasteiger partial charge in [0, 0.05) is 20.1 Å². The van der Waals surface area contributed by atoms with Crippen LogP contribution < -0.4 is 4.80 Å². The summed E-state index contributed by atoms with van der Waals surface area (Å²) in [5.74, 6) is -1.30. The highest BCUT2D eigenvalue weighted by molar-refractivity contribution is 7.89. The van der Waals surface area contributed by atoms with E-state index in [-0.39, 0.29) is 17.3 Å². The highest BCUT2D eigenvalue weighted by Crippen LogP contribution is 2.25. The standard InChI is InChI=1S/C24H28FN3O3S2/c1-3-4-6-17-8-13-21-22(15-17)32-24(27(21)2)26-23(29)18-7-5-14-28(16-18)33(30,31)20-11-9-19(25)10-12-20/h8-13,15,18H,3-7,14,16H2,1-2H3. The van der Waals surface area contributed by atoms with E-state index in [1.807, 2.05) is 11.6 Å². The van der Waals surface area contributed by atoms with E-state index in [1.165, 1.54) is 33.3 Å². The number of rotatable bonds is 6. The van der Waals surface area contributed by atoms with Crippen molar-refractivity contribution >= 4 is 37.5 Å². The number of aryl methyl sites for hydroxylation is 2. The molecule has 1 amide bonds. The van der Waals surface area contributed by atoms with Gasteiger partial charge in [-0.15, -0.1) is 0 Å². The smallest absolute Gasteiger partial charge is 0.252 e. The Morgan fingerprint density at radius 2 is 1.97 bits per heavy atom. The Labute approximate surface area is 197 Å². The van der Waals surface area contributed by atoms with Crippen LogP contribution in [0.4, 0.5) is 4.39 Å². The van der Waals surface area contributed by atoms with Crippen molar-refractivity contribution in [2.45, 2.75) is 43.9 Å². The first-order valence-electron chi connectivity index (χ1n) is 11.2. The van der Waals surface area contributed by atoms with Gasteiger partial charge in [-0.2, -0.15) is 9.30 Å². The van der Waals surface area contributed by atoms with E-state index >= 15 is 0 Å². The number of unbranched alkanes of at least 4 members (excludes halogenated alkanes) is 1. The maximum atomic E-state index is 13.2. The first-order valence-corrected chi connectivity index (χ1v) is 13.5. The number of carbonyl (C=O) groups excluding carboxylic acids is 1. The fourth-order valence-electron chi connectivity index (χ4n) is 4.12. The summed E-state index contributed by atoms with van der Waals surface area (Å²) in [5, 5.41) is 0. The molecule has 33 heavy (non-hydrogen) atoms. The summed E-state index contributed by atoms with van der Waals surface area (Å²) in [4.78, 5) is 18.0. The Kier molecular flexibility index (Phi) is 7.11. The van der Waals surface area contributed by atoms with Gasteiger partial charge in [0.05, 0.1) is 21.0 Å². The second-order valence-corrected chi connectivity index (χ2v) is 11.4. The minimum Gasteiger partial charge on any atom is -0.319 e. The van der Waals surface area contributed by atoms with Crippen molar-refractivity contribution < 1.29 is 17.6 Å². The molecule has 176 valence electrons. The molecule has 3 aromatic rings. The van der Waals surface area contributed by atoms with E-state index in [9.17, 15) is 17.6 Å². The van der Waals surface area contributed by atoms with Crippen LogP contribution >= 0.6 is 11.3 Å². The van der Waals surface area contributed by atoms with Gasteiger partial charge in [0.2, 0.25) is 10.0 Å². The lowest BCUT2D eigenvalue weighted by molar-refractivity contribution is -0.122. The monoisotopic (exact) mass is 489 g/mol. The van der Waals surface area contributed by atoms with E-state index in [0.717, 1.165) is 41.6 Å². The van der Waals surface area contributed by atoms with Crippen molar-refractivity contribution in [3.63, 3.8) is 0 Å². The summed E-state index contributed by atoms with van der Waals surface area (Å²) in [6, 6.07) is 11.1. The molecule has 1 saturated heterocycles. The Bertz CT molecular complexity index is 1330. The lowest BCUT2D eigenvalue weighted by Crippen LogP contribution is -2.42. The number of thiazole rings is 1. The average Bonchev–Trinajstić information content (AvgIpc) is 3.12. The van der Waals surface area contributed by atoms with Crippen molar-refractivity contribution in [1.82, 2.24) is 8.87 Å². The summed E-state index contributed by atoms with van der Waals surface area (Å²) in [6.07, 6.45) is 4.47. The molecule has 1 unspecified atom stereocenters. The number of sulfonamides is 1. The number of amides is 1. The molecule has 4 rings (SSSR count). The van der Waals surface area contributed by atoms with Crippen LogP contribution in [0.2, 0.25) is 0 Å². The number of nitrogens with zero attached hydrogens (tertiary/aromatic N) is 3. The number of hydrogen-bond acceptors (Lipinski definition) is 4. The van der Waals surface area contributed by atoms with Crippen LogP contribution in [-0.4, -0.2) is 36.3 Å². The minimum absolute atomic E-state index is 0.0312. The molecule has 0 bridgehead atoms. The van der Waals surface area contributed by atoms with Gasteiger partial charge in [0.25, 0.3) is 5.91 Å². The quantitative estimate of drug-likeness (QED) is 0.520. The third-order valence-electron chi connectivity index (χ3n) is 6.08. The van der Waals surface area contributed by atoms with E-state index < -0.39 is 21.8 Å². The van der Waals surface area contributed by atoms with Gasteiger partial charge in [-0.25, -0.2) is 12.8 Å². The van der Waals surface area contributed by atoms with Crippen LogP contribution in [0.3, 0.4) is 0 Å². The van der Waals surface area contributed by atoms with Crippen LogP contribution in [0.1, 0.15) is 38.2 Å². The van der Waals surface area contributed by atoms with Crippen molar-refractivity contribution in [2.75, 3.05) is 13.1 Å². The Hall–Kier alpha value is -2.36.